The van der Waals surface area contributed by atoms with Crippen molar-refractivity contribution in [3.63, 3.8) is 0 Å². The topological polar surface area (TPSA) is 41.1 Å². The summed E-state index contributed by atoms with van der Waals surface area (Å²) in [7, 11) is 0. The predicted molar refractivity (Wildman–Crippen MR) is 83.9 cm³/mol. The van der Waals surface area contributed by atoms with Crippen molar-refractivity contribution in [1.82, 2.24) is 15.3 Å². The maximum Gasteiger partial charge on any atom is 0.225 e. The second kappa shape index (κ2) is 7.02. The summed E-state index contributed by atoms with van der Waals surface area (Å²) in [5.41, 5.74) is 2.31. The van der Waals surface area contributed by atoms with Crippen LogP contribution in [0.4, 0.5) is 5.95 Å². The number of aryl methyl sites for hydroxylation is 1. The van der Waals surface area contributed by atoms with Crippen molar-refractivity contribution in [2.45, 2.75) is 47.1 Å². The Morgan fingerprint density at radius 1 is 1.30 bits per heavy atom. The van der Waals surface area contributed by atoms with E-state index in [2.05, 4.69) is 42.9 Å². The van der Waals surface area contributed by atoms with Crippen LogP contribution in [0, 0.1) is 18.8 Å². The summed E-state index contributed by atoms with van der Waals surface area (Å²) in [5, 5.41) is 3.41. The van der Waals surface area contributed by atoms with Crippen LogP contribution in [-0.4, -0.2) is 29.6 Å². The Morgan fingerprint density at radius 2 is 2.00 bits per heavy atom. The van der Waals surface area contributed by atoms with E-state index < -0.39 is 0 Å². The van der Waals surface area contributed by atoms with Crippen molar-refractivity contribution in [3.05, 3.63) is 17.5 Å². The molecular weight excluding hydrogens is 248 g/mol. The molecule has 1 aromatic rings. The summed E-state index contributed by atoms with van der Waals surface area (Å²) in [6.45, 7) is 13.0. The molecule has 1 fully saturated rings. The summed E-state index contributed by atoms with van der Waals surface area (Å²) in [6, 6.07) is 0. The molecule has 0 bridgehead atoms. The molecule has 2 heterocycles. The first-order valence-corrected chi connectivity index (χ1v) is 7.88. The van der Waals surface area contributed by atoms with Crippen molar-refractivity contribution in [1.29, 1.82) is 0 Å². The fourth-order valence-corrected chi connectivity index (χ4v) is 3.03. The number of hydrogen-bond acceptors (Lipinski definition) is 4. The number of anilines is 1. The molecule has 0 amide bonds. The molecule has 20 heavy (non-hydrogen) atoms. The fraction of sp³-hybridized carbons (Fsp3) is 0.750. The standard InChI is InChI=1S/C16H28N4/c1-5-6-17-8-15-9-18-16(19-14(15)4)20-10-12(2)7-13(3)11-20/h9,12-13,17H,5-8,10-11H2,1-4H3. The Kier molecular flexibility index (Phi) is 5.35. The van der Waals surface area contributed by atoms with Gasteiger partial charge >= 0.3 is 0 Å². The summed E-state index contributed by atoms with van der Waals surface area (Å²) in [4.78, 5) is 11.6. The maximum absolute atomic E-state index is 4.72. The molecule has 0 spiro atoms. The summed E-state index contributed by atoms with van der Waals surface area (Å²) >= 11 is 0. The normalized spacial score (nSPS) is 23.1. The van der Waals surface area contributed by atoms with E-state index >= 15 is 0 Å². The molecule has 1 aliphatic rings. The smallest absolute Gasteiger partial charge is 0.225 e. The zero-order valence-electron chi connectivity index (χ0n) is 13.3. The molecule has 2 rings (SSSR count). The molecule has 1 aliphatic heterocycles. The second-order valence-corrected chi connectivity index (χ2v) is 6.31. The lowest BCUT2D eigenvalue weighted by Crippen LogP contribution is -2.39. The summed E-state index contributed by atoms with van der Waals surface area (Å²) in [5.74, 6) is 2.36. The second-order valence-electron chi connectivity index (χ2n) is 6.31. The van der Waals surface area contributed by atoms with Gasteiger partial charge in [-0.2, -0.15) is 0 Å². The van der Waals surface area contributed by atoms with Gasteiger partial charge in [0.1, 0.15) is 0 Å². The van der Waals surface area contributed by atoms with Crippen molar-refractivity contribution in [3.8, 4) is 0 Å². The summed E-state index contributed by atoms with van der Waals surface area (Å²) < 4.78 is 0. The number of piperidine rings is 1. The average molecular weight is 276 g/mol. The van der Waals surface area contributed by atoms with Crippen LogP contribution in [0.5, 0.6) is 0 Å². The first kappa shape index (κ1) is 15.2. The van der Waals surface area contributed by atoms with Crippen molar-refractivity contribution >= 4 is 5.95 Å². The molecule has 1 N–H and O–H groups in total. The molecule has 0 radical (unpaired) electrons. The van der Waals surface area contributed by atoms with Crippen LogP contribution < -0.4 is 10.2 Å². The molecule has 1 saturated heterocycles. The van der Waals surface area contributed by atoms with Gasteiger partial charge in [0.05, 0.1) is 0 Å². The van der Waals surface area contributed by atoms with Crippen LogP contribution in [0.25, 0.3) is 0 Å². The monoisotopic (exact) mass is 276 g/mol. The SMILES string of the molecule is CCCNCc1cnc(N2CC(C)CC(C)C2)nc1C. The largest absolute Gasteiger partial charge is 0.340 e. The van der Waals surface area contributed by atoms with Crippen LogP contribution in [-0.2, 0) is 6.54 Å². The lowest BCUT2D eigenvalue weighted by Gasteiger charge is -2.35. The number of hydrogen-bond donors (Lipinski definition) is 1. The molecule has 112 valence electrons. The van der Waals surface area contributed by atoms with E-state index in [4.69, 9.17) is 4.98 Å². The van der Waals surface area contributed by atoms with E-state index in [0.29, 0.717) is 0 Å². The van der Waals surface area contributed by atoms with E-state index in [9.17, 15) is 0 Å². The third-order valence-corrected chi connectivity index (χ3v) is 3.96. The van der Waals surface area contributed by atoms with Crippen LogP contribution in [0.2, 0.25) is 0 Å². The Labute approximate surface area is 123 Å². The third-order valence-electron chi connectivity index (χ3n) is 3.96. The minimum absolute atomic E-state index is 0.730. The molecule has 2 atom stereocenters. The highest BCUT2D eigenvalue weighted by Gasteiger charge is 2.23. The van der Waals surface area contributed by atoms with Gasteiger partial charge in [0.25, 0.3) is 0 Å². The fourth-order valence-electron chi connectivity index (χ4n) is 3.03. The molecule has 0 aromatic carbocycles. The Bertz CT molecular complexity index is 422. The Hall–Kier alpha value is -1.16. The third kappa shape index (κ3) is 3.92. The van der Waals surface area contributed by atoms with E-state index in [1.165, 1.54) is 12.0 Å². The number of aromatic nitrogens is 2. The van der Waals surface area contributed by atoms with E-state index in [0.717, 1.165) is 56.1 Å². The molecule has 4 nitrogen and oxygen atoms in total. The quantitative estimate of drug-likeness (QED) is 0.840. The van der Waals surface area contributed by atoms with Crippen molar-refractivity contribution in [2.24, 2.45) is 11.8 Å². The minimum Gasteiger partial charge on any atom is -0.340 e. The highest BCUT2D eigenvalue weighted by atomic mass is 15.3. The van der Waals surface area contributed by atoms with Gasteiger partial charge in [-0.05, 0) is 38.1 Å². The lowest BCUT2D eigenvalue weighted by molar-refractivity contribution is 0.353. The zero-order chi connectivity index (χ0) is 14.5. The van der Waals surface area contributed by atoms with Crippen molar-refractivity contribution in [2.75, 3.05) is 24.5 Å². The molecule has 1 aromatic heterocycles. The van der Waals surface area contributed by atoms with Crippen LogP contribution in [0.15, 0.2) is 6.20 Å². The Balaban J connectivity index is 2.04. The first-order chi connectivity index (χ1) is 9.60. The molecule has 0 aliphatic carbocycles. The highest BCUT2D eigenvalue weighted by Crippen LogP contribution is 2.24. The minimum atomic E-state index is 0.730. The highest BCUT2D eigenvalue weighted by molar-refractivity contribution is 5.33. The van der Waals surface area contributed by atoms with Crippen LogP contribution in [0.3, 0.4) is 0 Å². The van der Waals surface area contributed by atoms with Gasteiger partial charge in [0, 0.05) is 37.1 Å². The van der Waals surface area contributed by atoms with Gasteiger partial charge in [0.2, 0.25) is 5.95 Å². The first-order valence-electron chi connectivity index (χ1n) is 7.88. The van der Waals surface area contributed by atoms with Crippen LogP contribution in [0.1, 0.15) is 44.9 Å². The number of nitrogens with one attached hydrogen (secondary N) is 1. The van der Waals surface area contributed by atoms with Gasteiger partial charge in [0.15, 0.2) is 0 Å². The number of nitrogens with zero attached hydrogens (tertiary/aromatic N) is 3. The van der Waals surface area contributed by atoms with Gasteiger partial charge in [-0.1, -0.05) is 20.8 Å². The van der Waals surface area contributed by atoms with Gasteiger partial charge in [-0.3, -0.25) is 0 Å². The van der Waals surface area contributed by atoms with E-state index in [-0.39, 0.29) is 0 Å². The van der Waals surface area contributed by atoms with Crippen molar-refractivity contribution < 1.29 is 0 Å². The lowest BCUT2D eigenvalue weighted by atomic mass is 9.92. The van der Waals surface area contributed by atoms with Gasteiger partial charge in [-0.25, -0.2) is 9.97 Å². The van der Waals surface area contributed by atoms with E-state index in [1.54, 1.807) is 0 Å². The zero-order valence-corrected chi connectivity index (χ0v) is 13.3. The molecular formula is C16H28N4. The Morgan fingerprint density at radius 3 is 2.60 bits per heavy atom. The summed E-state index contributed by atoms with van der Waals surface area (Å²) in [6.07, 6.45) is 4.46. The van der Waals surface area contributed by atoms with E-state index in [1.807, 2.05) is 6.20 Å². The van der Waals surface area contributed by atoms with Crippen LogP contribution >= 0.6 is 0 Å². The molecule has 2 unspecified atom stereocenters. The average Bonchev–Trinajstić information content (AvgIpc) is 2.39. The number of rotatable bonds is 5. The predicted octanol–water partition coefficient (Wildman–Crippen LogP) is 2.77. The van der Waals surface area contributed by atoms with Gasteiger partial charge in [-0.15, -0.1) is 0 Å². The maximum atomic E-state index is 4.72. The molecule has 0 saturated carbocycles. The van der Waals surface area contributed by atoms with Gasteiger partial charge < -0.3 is 10.2 Å². The molecule has 4 heteroatoms.